The number of ether oxygens (including phenoxy) is 2. The predicted molar refractivity (Wildman–Crippen MR) is 218 cm³/mol. The first-order valence-corrected chi connectivity index (χ1v) is 19.6. The molecule has 60 heavy (non-hydrogen) atoms. The van der Waals surface area contributed by atoms with Crippen LogP contribution in [0.1, 0.15) is 88.6 Å². The first kappa shape index (κ1) is 48.5. The van der Waals surface area contributed by atoms with Crippen LogP contribution in [-0.4, -0.2) is 105 Å². The molecule has 0 saturated heterocycles. The maximum atomic E-state index is 13.5. The van der Waals surface area contributed by atoms with Crippen LogP contribution in [-0.2, 0) is 33.4 Å². The molecule has 0 spiro atoms. The highest BCUT2D eigenvalue weighted by Crippen LogP contribution is 2.28. The highest BCUT2D eigenvalue weighted by atomic mass is 16.6. The zero-order valence-electron chi connectivity index (χ0n) is 34.2. The zero-order chi connectivity index (χ0) is 44.4. The number of hydrogen-bond donors (Lipinski definition) is 9. The van der Waals surface area contributed by atoms with Gasteiger partial charge in [-0.15, -0.1) is 0 Å². The Bertz CT molecular complexity index is 1810. The van der Waals surface area contributed by atoms with E-state index in [2.05, 4.69) is 21.3 Å². The third-order valence-corrected chi connectivity index (χ3v) is 9.12. The minimum absolute atomic E-state index is 0.146. The molecule has 326 valence electrons. The summed E-state index contributed by atoms with van der Waals surface area (Å²) in [6, 6.07) is 20.9. The number of carbonyl (C=O) groups is 6. The molecule has 0 aliphatic carbocycles. The smallest absolute Gasteiger partial charge is 0.408 e. The standard InChI is InChI=1S/C43H57N5O12/c1-5-15-29(48-42(58)60-43(2,3)4)39(55)45-30(22-23-33(44)50)40(56)47-32(25-49)35(52)36(53)37(54)41(57)46-31(26-16-9-6-10-17-26)24-34(51)59-38(27-18-11-7-12-19-27)28-20-13-8-14-21-28/h6-14,16-21,29-32,35-38,49,52-54H,5,15,22-25H2,1-4H3,(H2,44,50)(H,45,55)(H,46,57)(H,47,56)(H,48,58)/t29-,30-,31-,32-,35+,36+,37-/m0/s1. The molecule has 0 saturated carbocycles. The SMILES string of the molecule is CCC[C@H](NC(=O)OC(C)(C)C)C(=O)N[C@@H](CCC(N)=O)C(=O)N[C@@H](CO)[C@@H](O)[C@@H](O)[C@H](O)C(=O)N[C@@H](CC(=O)OC(c1ccccc1)c1ccccc1)c1ccccc1. The van der Waals surface area contributed by atoms with E-state index in [9.17, 15) is 49.2 Å². The van der Waals surface area contributed by atoms with Gasteiger partial charge in [0.2, 0.25) is 17.7 Å². The number of esters is 1. The molecule has 7 atom stereocenters. The second-order valence-electron chi connectivity index (χ2n) is 15.1. The Morgan fingerprint density at radius 1 is 0.667 bits per heavy atom. The number of alkyl carbamates (subject to hydrolysis) is 1. The van der Waals surface area contributed by atoms with Gasteiger partial charge in [-0.05, 0) is 50.3 Å². The van der Waals surface area contributed by atoms with Crippen molar-refractivity contribution in [2.45, 2.75) is 114 Å². The van der Waals surface area contributed by atoms with E-state index >= 15 is 0 Å². The maximum Gasteiger partial charge on any atom is 0.408 e. The molecule has 3 rings (SSSR count). The molecule has 10 N–H and O–H groups in total. The van der Waals surface area contributed by atoms with E-state index in [1.807, 2.05) is 12.1 Å². The Morgan fingerprint density at radius 2 is 1.17 bits per heavy atom. The van der Waals surface area contributed by atoms with Gasteiger partial charge in [0.05, 0.1) is 25.1 Å². The van der Waals surface area contributed by atoms with E-state index in [1.54, 1.807) is 107 Å². The predicted octanol–water partition coefficient (Wildman–Crippen LogP) is 1.57. The Hall–Kier alpha value is -5.88. The third-order valence-electron chi connectivity index (χ3n) is 9.12. The first-order valence-electron chi connectivity index (χ1n) is 19.6. The summed E-state index contributed by atoms with van der Waals surface area (Å²) in [6.45, 7) is 5.64. The van der Waals surface area contributed by atoms with Crippen LogP contribution < -0.4 is 27.0 Å². The number of benzene rings is 3. The van der Waals surface area contributed by atoms with Crippen LogP contribution >= 0.6 is 0 Å². The van der Waals surface area contributed by atoms with Crippen LogP contribution in [0, 0.1) is 0 Å². The highest BCUT2D eigenvalue weighted by molar-refractivity contribution is 5.92. The number of carbonyl (C=O) groups excluding carboxylic acids is 6. The lowest BCUT2D eigenvalue weighted by Crippen LogP contribution is -2.60. The van der Waals surface area contributed by atoms with Crippen molar-refractivity contribution in [2.75, 3.05) is 6.61 Å². The Morgan fingerprint density at radius 3 is 1.65 bits per heavy atom. The van der Waals surface area contributed by atoms with Crippen molar-refractivity contribution in [3.8, 4) is 0 Å². The van der Waals surface area contributed by atoms with E-state index in [0.29, 0.717) is 23.1 Å². The van der Waals surface area contributed by atoms with Crippen LogP contribution in [0.4, 0.5) is 4.79 Å². The van der Waals surface area contributed by atoms with Gasteiger partial charge in [-0.1, -0.05) is 104 Å². The van der Waals surface area contributed by atoms with Gasteiger partial charge < -0.3 is 56.9 Å². The van der Waals surface area contributed by atoms with Gasteiger partial charge in [-0.3, -0.25) is 24.0 Å². The minimum atomic E-state index is -2.35. The fraction of sp³-hybridized carbons (Fsp3) is 0.442. The monoisotopic (exact) mass is 835 g/mol. The maximum absolute atomic E-state index is 13.5. The van der Waals surface area contributed by atoms with Crippen molar-refractivity contribution in [1.29, 1.82) is 0 Å². The summed E-state index contributed by atoms with van der Waals surface area (Å²) in [6.07, 6.45) is -9.03. The second-order valence-corrected chi connectivity index (χ2v) is 15.1. The highest BCUT2D eigenvalue weighted by Gasteiger charge is 2.38. The van der Waals surface area contributed by atoms with Crippen molar-refractivity contribution in [2.24, 2.45) is 5.73 Å². The molecular formula is C43H57N5O12. The second kappa shape index (κ2) is 23.6. The molecule has 0 heterocycles. The summed E-state index contributed by atoms with van der Waals surface area (Å²) in [4.78, 5) is 77.7. The molecule has 5 amide bonds. The number of rotatable bonds is 22. The van der Waals surface area contributed by atoms with Crippen LogP contribution in [0.2, 0.25) is 0 Å². The molecule has 0 radical (unpaired) electrons. The van der Waals surface area contributed by atoms with Crippen molar-refractivity contribution in [1.82, 2.24) is 21.3 Å². The molecule has 0 aliphatic heterocycles. The number of nitrogens with two attached hydrogens (primary N) is 1. The molecule has 3 aromatic carbocycles. The molecule has 0 unspecified atom stereocenters. The molecule has 17 nitrogen and oxygen atoms in total. The van der Waals surface area contributed by atoms with E-state index < -0.39 is 103 Å². The van der Waals surface area contributed by atoms with E-state index in [-0.39, 0.29) is 19.3 Å². The van der Waals surface area contributed by atoms with Gasteiger partial charge in [0.25, 0.3) is 5.91 Å². The first-order chi connectivity index (χ1) is 28.4. The lowest BCUT2D eigenvalue weighted by atomic mass is 9.98. The molecular weight excluding hydrogens is 778 g/mol. The van der Waals surface area contributed by atoms with E-state index in [0.717, 1.165) is 0 Å². The third kappa shape index (κ3) is 15.7. The van der Waals surface area contributed by atoms with E-state index in [1.165, 1.54) is 0 Å². The van der Waals surface area contributed by atoms with Crippen molar-refractivity contribution in [3.63, 3.8) is 0 Å². The van der Waals surface area contributed by atoms with Crippen LogP contribution in [0.25, 0.3) is 0 Å². The number of aliphatic hydroxyl groups is 4. The van der Waals surface area contributed by atoms with Crippen molar-refractivity contribution >= 4 is 35.7 Å². The molecule has 17 heteroatoms. The van der Waals surface area contributed by atoms with Gasteiger partial charge in [0, 0.05) is 6.42 Å². The van der Waals surface area contributed by atoms with Gasteiger partial charge in [0.1, 0.15) is 29.9 Å². The molecule has 3 aromatic rings. The van der Waals surface area contributed by atoms with Crippen LogP contribution in [0.15, 0.2) is 91.0 Å². The van der Waals surface area contributed by atoms with Crippen LogP contribution in [0.5, 0.6) is 0 Å². The summed E-state index contributed by atoms with van der Waals surface area (Å²) >= 11 is 0. The Kier molecular flexibility index (Phi) is 19.1. The number of nitrogens with one attached hydrogen (secondary N) is 4. The van der Waals surface area contributed by atoms with Crippen molar-refractivity contribution < 1.29 is 58.7 Å². The lowest BCUT2D eigenvalue weighted by Gasteiger charge is -2.31. The Balaban J connectivity index is 1.74. The number of amides is 5. The topological polar surface area (TPSA) is 276 Å². The number of primary amides is 1. The summed E-state index contributed by atoms with van der Waals surface area (Å²) < 4.78 is 11.2. The summed E-state index contributed by atoms with van der Waals surface area (Å²) in [5, 5.41) is 52.8. The number of hydrogen-bond acceptors (Lipinski definition) is 12. The van der Waals surface area contributed by atoms with Crippen LogP contribution in [0.3, 0.4) is 0 Å². The fourth-order valence-corrected chi connectivity index (χ4v) is 6.06. The largest absolute Gasteiger partial charge is 0.452 e. The normalized spacial score (nSPS) is 14.9. The van der Waals surface area contributed by atoms with Gasteiger partial charge in [-0.2, -0.15) is 0 Å². The van der Waals surface area contributed by atoms with Gasteiger partial charge in [-0.25, -0.2) is 4.79 Å². The van der Waals surface area contributed by atoms with Gasteiger partial charge >= 0.3 is 12.1 Å². The average Bonchev–Trinajstić information content (AvgIpc) is 3.22. The number of aliphatic hydroxyl groups excluding tert-OH is 4. The van der Waals surface area contributed by atoms with E-state index in [4.69, 9.17) is 15.2 Å². The quantitative estimate of drug-likeness (QED) is 0.0653. The minimum Gasteiger partial charge on any atom is -0.452 e. The zero-order valence-corrected chi connectivity index (χ0v) is 34.2. The molecule has 0 aromatic heterocycles. The summed E-state index contributed by atoms with van der Waals surface area (Å²) in [5.74, 6) is -4.57. The Labute approximate surface area is 349 Å². The summed E-state index contributed by atoms with van der Waals surface area (Å²) in [5.41, 5.74) is 6.27. The molecule has 0 aliphatic rings. The average molecular weight is 836 g/mol. The molecule has 0 bridgehead atoms. The van der Waals surface area contributed by atoms with Crippen molar-refractivity contribution in [3.05, 3.63) is 108 Å². The molecule has 0 fully saturated rings. The lowest BCUT2D eigenvalue weighted by molar-refractivity contribution is -0.149. The fourth-order valence-electron chi connectivity index (χ4n) is 6.06. The van der Waals surface area contributed by atoms with Gasteiger partial charge in [0.15, 0.2) is 12.2 Å². The summed E-state index contributed by atoms with van der Waals surface area (Å²) in [7, 11) is 0.